The molecule has 1 unspecified atom stereocenters. The zero-order valence-corrected chi connectivity index (χ0v) is 12.7. The summed E-state index contributed by atoms with van der Waals surface area (Å²) >= 11 is 10.7. The Morgan fingerprint density at radius 2 is 2.22 bits per heavy atom. The molecule has 1 aromatic carbocycles. The smallest absolute Gasteiger partial charge is 0.204 e. The minimum atomic E-state index is -0.547. The van der Waals surface area contributed by atoms with E-state index in [4.69, 9.17) is 16.3 Å². The van der Waals surface area contributed by atoms with Gasteiger partial charge in [-0.15, -0.1) is 0 Å². The normalized spacial score (nSPS) is 12.2. The third-order valence-corrected chi connectivity index (χ3v) is 4.30. The average Bonchev–Trinajstić information content (AvgIpc) is 2.74. The summed E-state index contributed by atoms with van der Waals surface area (Å²) in [5, 5.41) is 4.27. The summed E-state index contributed by atoms with van der Waals surface area (Å²) in [6.45, 7) is 1.73. The number of hydrogen-bond acceptors (Lipinski definition) is 3. The summed E-state index contributed by atoms with van der Waals surface area (Å²) in [7, 11) is 0. The standard InChI is InChI=1S/C13H10BrClO2S/c1-8(13(16)11-6-18-7-12(11)14)17-10-4-2-3-9(15)5-10/h2-8H,1H3. The molecular formula is C13H10BrClO2S. The van der Waals surface area contributed by atoms with E-state index >= 15 is 0 Å². The monoisotopic (exact) mass is 344 g/mol. The van der Waals surface area contributed by atoms with E-state index < -0.39 is 6.10 Å². The lowest BCUT2D eigenvalue weighted by molar-refractivity contribution is 0.0818. The predicted molar refractivity (Wildman–Crippen MR) is 77.9 cm³/mol. The first kappa shape index (κ1) is 13.6. The molecule has 0 aliphatic heterocycles. The largest absolute Gasteiger partial charge is 0.483 e. The quantitative estimate of drug-likeness (QED) is 0.743. The van der Waals surface area contributed by atoms with Gasteiger partial charge in [-0.05, 0) is 41.1 Å². The maximum absolute atomic E-state index is 12.1. The Morgan fingerprint density at radius 3 is 2.83 bits per heavy atom. The lowest BCUT2D eigenvalue weighted by Crippen LogP contribution is -2.23. The Labute approximate surface area is 123 Å². The Balaban J connectivity index is 2.11. The van der Waals surface area contributed by atoms with Gasteiger partial charge in [-0.1, -0.05) is 17.7 Å². The second-order valence-electron chi connectivity index (χ2n) is 3.72. The highest BCUT2D eigenvalue weighted by Gasteiger charge is 2.19. The van der Waals surface area contributed by atoms with Crippen LogP contribution in [-0.2, 0) is 0 Å². The first-order chi connectivity index (χ1) is 8.58. The van der Waals surface area contributed by atoms with Gasteiger partial charge in [-0.2, -0.15) is 11.3 Å². The predicted octanol–water partition coefficient (Wildman–Crippen LogP) is 4.81. The topological polar surface area (TPSA) is 26.3 Å². The summed E-state index contributed by atoms with van der Waals surface area (Å²) in [6.07, 6.45) is -0.547. The van der Waals surface area contributed by atoms with Crippen molar-refractivity contribution < 1.29 is 9.53 Å². The first-order valence-electron chi connectivity index (χ1n) is 5.26. The molecule has 2 nitrogen and oxygen atoms in total. The fraction of sp³-hybridized carbons (Fsp3) is 0.154. The Hall–Kier alpha value is -0.840. The molecule has 0 aliphatic rings. The first-order valence-corrected chi connectivity index (χ1v) is 7.37. The fourth-order valence-electron chi connectivity index (χ4n) is 1.47. The van der Waals surface area contributed by atoms with Crippen LogP contribution < -0.4 is 4.74 Å². The van der Waals surface area contributed by atoms with Crippen molar-refractivity contribution in [3.8, 4) is 5.75 Å². The molecule has 0 amide bonds. The van der Waals surface area contributed by atoms with Gasteiger partial charge in [0.2, 0.25) is 5.78 Å². The van der Waals surface area contributed by atoms with Crippen LogP contribution >= 0.6 is 38.9 Å². The summed E-state index contributed by atoms with van der Waals surface area (Å²) in [4.78, 5) is 12.1. The maximum Gasteiger partial charge on any atom is 0.204 e. The number of carbonyl (C=O) groups excluding carboxylic acids is 1. The number of ether oxygens (including phenoxy) is 1. The van der Waals surface area contributed by atoms with Crippen LogP contribution in [0.5, 0.6) is 5.75 Å². The van der Waals surface area contributed by atoms with Gasteiger partial charge in [0.25, 0.3) is 0 Å². The summed E-state index contributed by atoms with van der Waals surface area (Å²) in [5.74, 6) is 0.540. The number of carbonyl (C=O) groups is 1. The summed E-state index contributed by atoms with van der Waals surface area (Å²) in [5.41, 5.74) is 0.648. The second-order valence-corrected chi connectivity index (χ2v) is 5.75. The van der Waals surface area contributed by atoms with Crippen LogP contribution in [0, 0.1) is 0 Å². The van der Waals surface area contributed by atoms with Crippen molar-refractivity contribution >= 4 is 44.7 Å². The highest BCUT2D eigenvalue weighted by atomic mass is 79.9. The van der Waals surface area contributed by atoms with Crippen molar-refractivity contribution in [1.82, 2.24) is 0 Å². The van der Waals surface area contributed by atoms with Crippen LogP contribution in [0.25, 0.3) is 0 Å². The third kappa shape index (κ3) is 3.13. The van der Waals surface area contributed by atoms with Gasteiger partial charge in [0.05, 0.1) is 0 Å². The van der Waals surface area contributed by atoms with Crippen LogP contribution in [-0.4, -0.2) is 11.9 Å². The molecule has 1 atom stereocenters. The second kappa shape index (κ2) is 5.87. The molecule has 2 rings (SSSR count). The number of hydrogen-bond donors (Lipinski definition) is 0. The van der Waals surface area contributed by atoms with Crippen molar-refractivity contribution in [3.63, 3.8) is 0 Å². The Bertz CT molecular complexity index is 568. The third-order valence-electron chi connectivity index (χ3n) is 2.36. The number of benzene rings is 1. The van der Waals surface area contributed by atoms with Gasteiger partial charge in [0, 0.05) is 25.8 Å². The van der Waals surface area contributed by atoms with Crippen molar-refractivity contribution in [1.29, 1.82) is 0 Å². The maximum atomic E-state index is 12.1. The molecular weight excluding hydrogens is 336 g/mol. The minimum Gasteiger partial charge on any atom is -0.483 e. The molecule has 0 saturated heterocycles. The SMILES string of the molecule is CC(Oc1cccc(Cl)c1)C(=O)c1cscc1Br. The number of ketones is 1. The van der Waals surface area contributed by atoms with E-state index in [1.54, 1.807) is 31.2 Å². The summed E-state index contributed by atoms with van der Waals surface area (Å²) in [6, 6.07) is 7.01. The molecule has 0 fully saturated rings. The van der Waals surface area contributed by atoms with Crippen LogP contribution in [0.3, 0.4) is 0 Å². The molecule has 94 valence electrons. The highest BCUT2D eigenvalue weighted by molar-refractivity contribution is 9.10. The van der Waals surface area contributed by atoms with Crippen molar-refractivity contribution in [2.45, 2.75) is 13.0 Å². The van der Waals surface area contributed by atoms with E-state index in [2.05, 4.69) is 15.9 Å². The molecule has 0 saturated carbocycles. The minimum absolute atomic E-state index is 0.0527. The van der Waals surface area contributed by atoms with E-state index in [1.807, 2.05) is 10.8 Å². The zero-order valence-electron chi connectivity index (χ0n) is 9.52. The van der Waals surface area contributed by atoms with Crippen molar-refractivity contribution in [2.75, 3.05) is 0 Å². The molecule has 1 aromatic heterocycles. The highest BCUT2D eigenvalue weighted by Crippen LogP contribution is 2.24. The van der Waals surface area contributed by atoms with Gasteiger partial charge in [0.1, 0.15) is 5.75 Å². The fourth-order valence-corrected chi connectivity index (χ4v) is 3.13. The van der Waals surface area contributed by atoms with Gasteiger partial charge < -0.3 is 4.74 Å². The Morgan fingerprint density at radius 1 is 1.44 bits per heavy atom. The molecule has 5 heteroatoms. The van der Waals surface area contributed by atoms with Crippen LogP contribution in [0.4, 0.5) is 0 Å². The molecule has 1 heterocycles. The molecule has 2 aromatic rings. The van der Waals surface area contributed by atoms with Crippen LogP contribution in [0.1, 0.15) is 17.3 Å². The van der Waals surface area contributed by atoms with Gasteiger partial charge >= 0.3 is 0 Å². The molecule has 0 aliphatic carbocycles. The lowest BCUT2D eigenvalue weighted by Gasteiger charge is -2.13. The lowest BCUT2D eigenvalue weighted by atomic mass is 10.1. The number of thiophene rings is 1. The average molecular weight is 346 g/mol. The van der Waals surface area contributed by atoms with Gasteiger partial charge in [0.15, 0.2) is 6.10 Å². The van der Waals surface area contributed by atoms with E-state index in [1.165, 1.54) is 11.3 Å². The van der Waals surface area contributed by atoms with E-state index in [0.29, 0.717) is 16.3 Å². The Kier molecular flexibility index (Phi) is 4.43. The van der Waals surface area contributed by atoms with Crippen molar-refractivity contribution in [2.24, 2.45) is 0 Å². The molecule has 0 spiro atoms. The molecule has 18 heavy (non-hydrogen) atoms. The number of halogens is 2. The van der Waals surface area contributed by atoms with Crippen LogP contribution in [0.15, 0.2) is 39.5 Å². The van der Waals surface area contributed by atoms with E-state index in [0.717, 1.165) is 4.47 Å². The van der Waals surface area contributed by atoms with Gasteiger partial charge in [-0.25, -0.2) is 0 Å². The molecule has 0 N–H and O–H groups in total. The number of rotatable bonds is 4. The molecule has 0 bridgehead atoms. The van der Waals surface area contributed by atoms with Crippen molar-refractivity contribution in [3.05, 3.63) is 50.1 Å². The van der Waals surface area contributed by atoms with Gasteiger partial charge in [-0.3, -0.25) is 4.79 Å². The number of Topliss-reactive ketones (excluding diaryl/α,β-unsaturated/α-hetero) is 1. The van der Waals surface area contributed by atoms with E-state index in [9.17, 15) is 4.79 Å². The molecule has 0 radical (unpaired) electrons. The van der Waals surface area contributed by atoms with Crippen LogP contribution in [0.2, 0.25) is 5.02 Å². The van der Waals surface area contributed by atoms with E-state index in [-0.39, 0.29) is 5.78 Å². The zero-order chi connectivity index (χ0) is 13.1. The summed E-state index contributed by atoms with van der Waals surface area (Å²) < 4.78 is 6.39.